The van der Waals surface area contributed by atoms with Crippen molar-refractivity contribution in [1.29, 1.82) is 0 Å². The minimum Gasteiger partial charge on any atom is -0.370 e. The predicted octanol–water partition coefficient (Wildman–Crippen LogP) is 4.67. The second-order valence-electron chi connectivity index (χ2n) is 4.01. The summed E-state index contributed by atoms with van der Waals surface area (Å²) in [4.78, 5) is 4.55. The van der Waals surface area contributed by atoms with Gasteiger partial charge in [-0.05, 0) is 31.0 Å². The SMILES string of the molecule is CCCNc1nc2c(Cl)c(Cl)ccc2cc1C. The van der Waals surface area contributed by atoms with Crippen LogP contribution >= 0.6 is 23.2 Å². The van der Waals surface area contributed by atoms with Crippen molar-refractivity contribution < 1.29 is 0 Å². The lowest BCUT2D eigenvalue weighted by Crippen LogP contribution is -2.04. The fraction of sp³-hybridized carbons (Fsp3) is 0.308. The molecule has 17 heavy (non-hydrogen) atoms. The fourth-order valence-electron chi connectivity index (χ4n) is 1.71. The highest BCUT2D eigenvalue weighted by molar-refractivity contribution is 6.45. The van der Waals surface area contributed by atoms with Crippen LogP contribution in [0, 0.1) is 6.92 Å². The van der Waals surface area contributed by atoms with Gasteiger partial charge in [0.25, 0.3) is 0 Å². The number of nitrogens with one attached hydrogen (secondary N) is 1. The van der Waals surface area contributed by atoms with Crippen molar-refractivity contribution in [3.8, 4) is 0 Å². The van der Waals surface area contributed by atoms with Crippen LogP contribution in [-0.2, 0) is 0 Å². The van der Waals surface area contributed by atoms with Crippen LogP contribution in [-0.4, -0.2) is 11.5 Å². The Hall–Kier alpha value is -0.990. The van der Waals surface area contributed by atoms with Gasteiger partial charge in [-0.3, -0.25) is 0 Å². The summed E-state index contributed by atoms with van der Waals surface area (Å²) in [7, 11) is 0. The lowest BCUT2D eigenvalue weighted by molar-refractivity contribution is 0.968. The zero-order valence-corrected chi connectivity index (χ0v) is 11.4. The zero-order chi connectivity index (χ0) is 12.4. The van der Waals surface area contributed by atoms with Crippen LogP contribution in [0.1, 0.15) is 18.9 Å². The van der Waals surface area contributed by atoms with Gasteiger partial charge in [-0.15, -0.1) is 0 Å². The number of hydrogen-bond donors (Lipinski definition) is 1. The molecule has 1 aromatic heterocycles. The molecule has 0 spiro atoms. The maximum absolute atomic E-state index is 6.16. The number of hydrogen-bond acceptors (Lipinski definition) is 2. The predicted molar refractivity (Wildman–Crippen MR) is 75.3 cm³/mol. The first-order valence-corrected chi connectivity index (χ1v) is 6.38. The topological polar surface area (TPSA) is 24.9 Å². The lowest BCUT2D eigenvalue weighted by Gasteiger charge is -2.10. The molecular formula is C13H14Cl2N2. The number of fused-ring (bicyclic) bond motifs is 1. The molecule has 1 aromatic carbocycles. The molecule has 2 rings (SSSR count). The van der Waals surface area contributed by atoms with Gasteiger partial charge in [0.05, 0.1) is 15.6 Å². The smallest absolute Gasteiger partial charge is 0.129 e. The van der Waals surface area contributed by atoms with E-state index in [2.05, 4.69) is 23.3 Å². The highest BCUT2D eigenvalue weighted by Crippen LogP contribution is 2.31. The first-order valence-electron chi connectivity index (χ1n) is 5.62. The van der Waals surface area contributed by atoms with Crippen LogP contribution in [0.2, 0.25) is 10.0 Å². The van der Waals surface area contributed by atoms with E-state index in [1.165, 1.54) is 0 Å². The van der Waals surface area contributed by atoms with Gasteiger partial charge in [0.2, 0.25) is 0 Å². The summed E-state index contributed by atoms with van der Waals surface area (Å²) in [6, 6.07) is 5.81. The molecule has 0 radical (unpaired) electrons. The van der Waals surface area contributed by atoms with Gasteiger partial charge in [-0.2, -0.15) is 0 Å². The standard InChI is InChI=1S/C13H14Cl2N2/c1-3-6-16-13-8(2)7-9-4-5-10(14)11(15)12(9)17-13/h4-5,7H,3,6H2,1-2H3,(H,16,17). The van der Waals surface area contributed by atoms with E-state index in [1.54, 1.807) is 6.07 Å². The number of nitrogens with zero attached hydrogens (tertiary/aromatic N) is 1. The van der Waals surface area contributed by atoms with E-state index in [9.17, 15) is 0 Å². The maximum Gasteiger partial charge on any atom is 0.129 e. The van der Waals surface area contributed by atoms with E-state index in [-0.39, 0.29) is 0 Å². The van der Waals surface area contributed by atoms with Gasteiger partial charge < -0.3 is 5.32 Å². The van der Waals surface area contributed by atoms with Crippen LogP contribution in [0.3, 0.4) is 0 Å². The Bertz CT molecular complexity index is 553. The highest BCUT2D eigenvalue weighted by atomic mass is 35.5. The number of aryl methyl sites for hydroxylation is 1. The Kier molecular flexibility index (Phi) is 3.75. The monoisotopic (exact) mass is 268 g/mol. The van der Waals surface area contributed by atoms with Crippen molar-refractivity contribution in [3.63, 3.8) is 0 Å². The maximum atomic E-state index is 6.16. The number of halogens is 2. The largest absolute Gasteiger partial charge is 0.370 e. The molecule has 0 unspecified atom stereocenters. The van der Waals surface area contributed by atoms with E-state index in [4.69, 9.17) is 23.2 Å². The summed E-state index contributed by atoms with van der Waals surface area (Å²) in [6.45, 7) is 5.05. The van der Waals surface area contributed by atoms with Crippen molar-refractivity contribution >= 4 is 39.9 Å². The molecule has 90 valence electrons. The molecule has 0 aliphatic heterocycles. The van der Waals surface area contributed by atoms with E-state index >= 15 is 0 Å². The van der Waals surface area contributed by atoms with Gasteiger partial charge in [-0.1, -0.05) is 36.2 Å². The molecule has 0 aliphatic rings. The second kappa shape index (κ2) is 5.11. The Morgan fingerprint density at radius 2 is 2.06 bits per heavy atom. The molecule has 0 saturated heterocycles. The molecule has 0 fully saturated rings. The van der Waals surface area contributed by atoms with Gasteiger partial charge in [0, 0.05) is 11.9 Å². The molecule has 0 aliphatic carbocycles. The summed E-state index contributed by atoms with van der Waals surface area (Å²) >= 11 is 12.2. The van der Waals surface area contributed by atoms with Crippen molar-refractivity contribution in [3.05, 3.63) is 33.8 Å². The van der Waals surface area contributed by atoms with Crippen LogP contribution in [0.25, 0.3) is 10.9 Å². The number of anilines is 1. The molecule has 0 bridgehead atoms. The normalized spacial score (nSPS) is 10.8. The quantitative estimate of drug-likeness (QED) is 0.875. The lowest BCUT2D eigenvalue weighted by atomic mass is 10.1. The molecule has 2 nitrogen and oxygen atoms in total. The minimum absolute atomic E-state index is 0.517. The van der Waals surface area contributed by atoms with Crippen LogP contribution in [0.15, 0.2) is 18.2 Å². The first kappa shape index (κ1) is 12.5. The Labute approximate surface area is 111 Å². The number of rotatable bonds is 3. The molecule has 4 heteroatoms. The van der Waals surface area contributed by atoms with E-state index in [1.807, 2.05) is 13.0 Å². The molecular weight excluding hydrogens is 255 g/mol. The fourth-order valence-corrected chi connectivity index (χ4v) is 2.08. The summed E-state index contributed by atoms with van der Waals surface area (Å²) < 4.78 is 0. The van der Waals surface area contributed by atoms with Crippen molar-refractivity contribution in [2.24, 2.45) is 0 Å². The van der Waals surface area contributed by atoms with Crippen LogP contribution in [0.5, 0.6) is 0 Å². The summed E-state index contributed by atoms with van der Waals surface area (Å²) in [6.07, 6.45) is 1.06. The van der Waals surface area contributed by atoms with Crippen molar-refractivity contribution in [1.82, 2.24) is 4.98 Å². The zero-order valence-electron chi connectivity index (χ0n) is 9.85. The van der Waals surface area contributed by atoms with E-state index in [0.29, 0.717) is 10.0 Å². The van der Waals surface area contributed by atoms with Gasteiger partial charge in [0.1, 0.15) is 5.82 Å². The third kappa shape index (κ3) is 2.48. The third-order valence-electron chi connectivity index (χ3n) is 2.61. The second-order valence-corrected chi connectivity index (χ2v) is 4.80. The summed E-state index contributed by atoms with van der Waals surface area (Å²) in [5.41, 5.74) is 1.87. The number of pyridine rings is 1. The third-order valence-corrected chi connectivity index (χ3v) is 3.41. The number of aromatic nitrogens is 1. The molecule has 0 atom stereocenters. The molecule has 1 heterocycles. The van der Waals surface area contributed by atoms with E-state index < -0.39 is 0 Å². The summed E-state index contributed by atoms with van der Waals surface area (Å²) in [5, 5.41) is 5.36. The Morgan fingerprint density at radius 3 is 2.76 bits per heavy atom. The number of benzene rings is 1. The van der Waals surface area contributed by atoms with Crippen molar-refractivity contribution in [2.45, 2.75) is 20.3 Å². The summed E-state index contributed by atoms with van der Waals surface area (Å²) in [5.74, 6) is 0.878. The Morgan fingerprint density at radius 1 is 1.29 bits per heavy atom. The van der Waals surface area contributed by atoms with Crippen molar-refractivity contribution in [2.75, 3.05) is 11.9 Å². The van der Waals surface area contributed by atoms with Gasteiger partial charge >= 0.3 is 0 Å². The van der Waals surface area contributed by atoms with Crippen LogP contribution in [0.4, 0.5) is 5.82 Å². The van der Waals surface area contributed by atoms with Crippen LogP contribution < -0.4 is 5.32 Å². The molecule has 0 amide bonds. The highest BCUT2D eigenvalue weighted by Gasteiger charge is 2.08. The van der Waals surface area contributed by atoms with Gasteiger partial charge in [0.15, 0.2) is 0 Å². The van der Waals surface area contributed by atoms with Gasteiger partial charge in [-0.25, -0.2) is 4.98 Å². The molecule has 1 N–H and O–H groups in total. The average molecular weight is 269 g/mol. The van der Waals surface area contributed by atoms with E-state index in [0.717, 1.165) is 35.2 Å². The average Bonchev–Trinajstić information content (AvgIpc) is 2.32. The molecule has 0 saturated carbocycles. The Balaban J connectivity index is 2.56. The minimum atomic E-state index is 0.517. The first-order chi connectivity index (χ1) is 8.13. The molecule has 2 aromatic rings.